The first-order valence-corrected chi connectivity index (χ1v) is 7.52. The molecule has 0 nitrogen and oxygen atoms in total. The first-order valence-electron chi connectivity index (χ1n) is 7.52. The maximum Gasteiger partial charge on any atom is 0.00422 e. The van der Waals surface area contributed by atoms with Crippen LogP contribution in [-0.2, 0) is 0 Å². The predicted molar refractivity (Wildman–Crippen MR) is 84.8 cm³/mol. The fourth-order valence-corrected chi connectivity index (χ4v) is 2.25. The molecule has 0 heteroatoms. The summed E-state index contributed by atoms with van der Waals surface area (Å²) in [4.78, 5) is 0. The van der Waals surface area contributed by atoms with Gasteiger partial charge < -0.3 is 0 Å². The molecule has 2 unspecified atom stereocenters. The Morgan fingerprint density at radius 1 is 1.00 bits per heavy atom. The minimum Gasteiger partial charge on any atom is -0.0992 e. The van der Waals surface area contributed by atoms with Crippen LogP contribution in [0.5, 0.6) is 0 Å². The van der Waals surface area contributed by atoms with Crippen molar-refractivity contribution in [3.63, 3.8) is 0 Å². The van der Waals surface area contributed by atoms with E-state index in [1.54, 1.807) is 0 Å². The number of hydrogen-bond acceptors (Lipinski definition) is 0. The van der Waals surface area contributed by atoms with Crippen LogP contribution in [-0.4, -0.2) is 0 Å². The van der Waals surface area contributed by atoms with Crippen LogP contribution in [0, 0.1) is 11.8 Å². The molecule has 0 aromatic heterocycles. The second-order valence-corrected chi connectivity index (χ2v) is 5.53. The normalized spacial score (nSPS) is 14.0. The molecule has 0 saturated heterocycles. The third-order valence-electron chi connectivity index (χ3n) is 4.01. The Morgan fingerprint density at radius 3 is 2.06 bits per heavy atom. The molecule has 2 atom stereocenters. The van der Waals surface area contributed by atoms with E-state index < -0.39 is 0 Å². The van der Waals surface area contributed by atoms with Crippen LogP contribution in [0.3, 0.4) is 0 Å². The van der Waals surface area contributed by atoms with Crippen LogP contribution < -0.4 is 0 Å². The maximum atomic E-state index is 4.28. The van der Waals surface area contributed by atoms with Gasteiger partial charge in [0.15, 0.2) is 0 Å². The van der Waals surface area contributed by atoms with E-state index in [0.717, 1.165) is 18.8 Å². The third kappa shape index (κ3) is 5.71. The summed E-state index contributed by atoms with van der Waals surface area (Å²) in [5, 5.41) is 0. The Balaban J connectivity index is 4.66. The molecule has 104 valence electrons. The van der Waals surface area contributed by atoms with Gasteiger partial charge in [-0.25, -0.2) is 0 Å². The van der Waals surface area contributed by atoms with Gasteiger partial charge in [-0.3, -0.25) is 0 Å². The van der Waals surface area contributed by atoms with Crippen molar-refractivity contribution in [1.29, 1.82) is 0 Å². The molecule has 0 aromatic carbocycles. The molecule has 0 fully saturated rings. The summed E-state index contributed by atoms with van der Waals surface area (Å²) in [5.41, 5.74) is 3.76. The summed E-state index contributed by atoms with van der Waals surface area (Å²) in [6.45, 7) is 21.7. The highest BCUT2D eigenvalue weighted by atomic mass is 14.2. The van der Waals surface area contributed by atoms with Gasteiger partial charge in [0.1, 0.15) is 0 Å². The van der Waals surface area contributed by atoms with E-state index in [0.29, 0.717) is 5.92 Å². The molecular weight excluding hydrogens is 216 g/mol. The lowest BCUT2D eigenvalue weighted by molar-refractivity contribution is 0.456. The topological polar surface area (TPSA) is 0 Å². The summed E-state index contributed by atoms with van der Waals surface area (Å²) in [5.74, 6) is 1.25. The first-order chi connectivity index (χ1) is 8.47. The van der Waals surface area contributed by atoms with E-state index >= 15 is 0 Å². The zero-order valence-electron chi connectivity index (χ0n) is 13.0. The van der Waals surface area contributed by atoms with Gasteiger partial charge >= 0.3 is 0 Å². The SMILES string of the molecule is C=C(CC)C(=C)C(CCC(C)CC)C(=C)CCC. The van der Waals surface area contributed by atoms with Gasteiger partial charge in [0.2, 0.25) is 0 Å². The van der Waals surface area contributed by atoms with Crippen molar-refractivity contribution in [2.75, 3.05) is 0 Å². The summed E-state index contributed by atoms with van der Waals surface area (Å²) in [6, 6.07) is 0. The molecule has 0 spiro atoms. The van der Waals surface area contributed by atoms with Gasteiger partial charge in [-0.15, -0.1) is 0 Å². The molecule has 0 heterocycles. The van der Waals surface area contributed by atoms with E-state index in [-0.39, 0.29) is 0 Å². The fraction of sp³-hybridized carbons (Fsp3) is 0.667. The molecule has 0 saturated carbocycles. The summed E-state index contributed by atoms with van der Waals surface area (Å²) >= 11 is 0. The van der Waals surface area contributed by atoms with Gasteiger partial charge in [0.05, 0.1) is 0 Å². The molecule has 0 amide bonds. The average Bonchev–Trinajstić information content (AvgIpc) is 2.37. The van der Waals surface area contributed by atoms with Crippen LogP contribution in [0.15, 0.2) is 36.5 Å². The molecule has 0 radical (unpaired) electrons. The van der Waals surface area contributed by atoms with Gasteiger partial charge in [-0.1, -0.05) is 71.4 Å². The molecule has 0 rings (SSSR count). The molecule has 0 aromatic rings. The Morgan fingerprint density at radius 2 is 1.61 bits per heavy atom. The predicted octanol–water partition coefficient (Wildman–Crippen LogP) is 6.31. The standard InChI is InChI=1S/C18H32/c1-8-11-16(6)18(13-12-14(4)9-2)17(7)15(5)10-3/h14,18H,5-13H2,1-4H3. The second-order valence-electron chi connectivity index (χ2n) is 5.53. The molecule has 0 N–H and O–H groups in total. The van der Waals surface area contributed by atoms with E-state index in [1.807, 2.05) is 0 Å². The molecular formula is C18H32. The minimum absolute atomic E-state index is 0.450. The Labute approximate surface area is 115 Å². The smallest absolute Gasteiger partial charge is 0.00422 e. The van der Waals surface area contributed by atoms with Crippen molar-refractivity contribution in [3.05, 3.63) is 36.5 Å². The highest BCUT2D eigenvalue weighted by molar-refractivity contribution is 5.32. The van der Waals surface area contributed by atoms with Crippen LogP contribution in [0.1, 0.15) is 66.2 Å². The lowest BCUT2D eigenvalue weighted by atomic mass is 9.81. The van der Waals surface area contributed by atoms with Crippen LogP contribution in [0.4, 0.5) is 0 Å². The van der Waals surface area contributed by atoms with Crippen LogP contribution >= 0.6 is 0 Å². The van der Waals surface area contributed by atoms with Gasteiger partial charge in [-0.05, 0) is 37.2 Å². The minimum atomic E-state index is 0.450. The summed E-state index contributed by atoms with van der Waals surface area (Å²) < 4.78 is 0. The van der Waals surface area contributed by atoms with E-state index in [4.69, 9.17) is 0 Å². The van der Waals surface area contributed by atoms with E-state index in [1.165, 1.54) is 42.4 Å². The van der Waals surface area contributed by atoms with Crippen molar-refractivity contribution in [2.24, 2.45) is 11.8 Å². The average molecular weight is 248 g/mol. The lowest BCUT2D eigenvalue weighted by Gasteiger charge is -2.24. The van der Waals surface area contributed by atoms with Crippen molar-refractivity contribution in [1.82, 2.24) is 0 Å². The zero-order valence-corrected chi connectivity index (χ0v) is 13.0. The van der Waals surface area contributed by atoms with Crippen molar-refractivity contribution < 1.29 is 0 Å². The summed E-state index contributed by atoms with van der Waals surface area (Å²) in [6.07, 6.45) is 6.99. The first kappa shape index (κ1) is 17.2. The molecule has 0 aliphatic carbocycles. The monoisotopic (exact) mass is 248 g/mol. The molecule has 0 bridgehead atoms. The number of rotatable bonds is 10. The van der Waals surface area contributed by atoms with E-state index in [2.05, 4.69) is 47.4 Å². The maximum absolute atomic E-state index is 4.28. The third-order valence-corrected chi connectivity index (χ3v) is 4.01. The Hall–Kier alpha value is -0.780. The largest absolute Gasteiger partial charge is 0.0992 e. The molecule has 0 aliphatic rings. The number of hydrogen-bond donors (Lipinski definition) is 0. The Kier molecular flexibility index (Phi) is 8.79. The Bertz CT molecular complexity index is 282. The molecule has 18 heavy (non-hydrogen) atoms. The quantitative estimate of drug-likeness (QED) is 0.314. The number of allylic oxidation sites excluding steroid dienone is 3. The lowest BCUT2D eigenvalue weighted by Crippen LogP contribution is -2.10. The van der Waals surface area contributed by atoms with Gasteiger partial charge in [0.25, 0.3) is 0 Å². The van der Waals surface area contributed by atoms with Crippen LogP contribution in [0.2, 0.25) is 0 Å². The summed E-state index contributed by atoms with van der Waals surface area (Å²) in [7, 11) is 0. The van der Waals surface area contributed by atoms with Crippen molar-refractivity contribution in [2.45, 2.75) is 66.2 Å². The highest BCUT2D eigenvalue weighted by Crippen LogP contribution is 2.32. The second kappa shape index (κ2) is 9.19. The van der Waals surface area contributed by atoms with Crippen molar-refractivity contribution >= 4 is 0 Å². The zero-order chi connectivity index (χ0) is 14.1. The van der Waals surface area contributed by atoms with Crippen LogP contribution in [0.25, 0.3) is 0 Å². The molecule has 0 aliphatic heterocycles. The highest BCUT2D eigenvalue weighted by Gasteiger charge is 2.18. The van der Waals surface area contributed by atoms with Crippen molar-refractivity contribution in [3.8, 4) is 0 Å². The van der Waals surface area contributed by atoms with Gasteiger partial charge in [-0.2, -0.15) is 0 Å². The van der Waals surface area contributed by atoms with Gasteiger partial charge in [0, 0.05) is 5.92 Å². The van der Waals surface area contributed by atoms with E-state index in [9.17, 15) is 0 Å². The fourth-order valence-electron chi connectivity index (χ4n) is 2.25.